The predicted octanol–water partition coefficient (Wildman–Crippen LogP) is 3.93. The highest BCUT2D eigenvalue weighted by Gasteiger charge is 2.40. The van der Waals surface area contributed by atoms with Gasteiger partial charge in [-0.25, -0.2) is 13.4 Å². The summed E-state index contributed by atoms with van der Waals surface area (Å²) in [7, 11) is -2.66. The van der Waals surface area contributed by atoms with Crippen LogP contribution in [0.2, 0.25) is 0 Å². The van der Waals surface area contributed by atoms with Crippen LogP contribution in [0.15, 0.2) is 70.1 Å². The number of sulfonamides is 1. The zero-order valence-electron chi connectivity index (χ0n) is 23.7. The molecule has 2 atom stereocenters. The number of allylic oxidation sites excluding steroid dienone is 1. The van der Waals surface area contributed by atoms with Crippen molar-refractivity contribution in [2.75, 3.05) is 26.9 Å². The summed E-state index contributed by atoms with van der Waals surface area (Å²) >= 11 is 0. The molecule has 1 saturated heterocycles. The number of nitriles is 1. The second kappa shape index (κ2) is 12.9. The molecule has 0 bridgehead atoms. The number of rotatable bonds is 11. The molecule has 220 valence electrons. The Morgan fingerprint density at radius 3 is 2.49 bits per heavy atom. The average Bonchev–Trinajstić information content (AvgIpc) is 2.97. The highest BCUT2D eigenvalue weighted by atomic mass is 32.2. The van der Waals surface area contributed by atoms with Gasteiger partial charge in [-0.15, -0.1) is 0 Å². The third-order valence-corrected chi connectivity index (χ3v) is 7.89. The van der Waals surface area contributed by atoms with Crippen LogP contribution in [0.4, 0.5) is 0 Å². The van der Waals surface area contributed by atoms with Gasteiger partial charge in [0, 0.05) is 6.61 Å². The lowest BCUT2D eigenvalue weighted by Crippen LogP contribution is -2.58. The molecule has 1 fully saturated rings. The largest absolute Gasteiger partial charge is 0.493 e. The number of nitrogens with one attached hydrogen (secondary N) is 2. The summed E-state index contributed by atoms with van der Waals surface area (Å²) in [5.41, 5.74) is 0.818. The number of para-hydroxylation sites is 2. The van der Waals surface area contributed by atoms with Crippen molar-refractivity contribution in [3.63, 3.8) is 0 Å². The summed E-state index contributed by atoms with van der Waals surface area (Å²) < 4.78 is 57.6. The Labute approximate surface area is 241 Å². The topological polar surface area (TPSA) is 140 Å². The highest BCUT2D eigenvalue weighted by Crippen LogP contribution is 2.30. The molecule has 12 heteroatoms. The van der Waals surface area contributed by atoms with Crippen molar-refractivity contribution in [3.05, 3.63) is 65.7 Å². The van der Waals surface area contributed by atoms with E-state index < -0.39 is 15.8 Å². The SMILES string of the molecule is COc1ccccc1OC1=C(OCCOC2CCCCO2)NC(C#N)(NS(=O)(=O)c2ccc(C(C)(C)C)cc2)N=C1. The molecule has 11 nitrogen and oxygen atoms in total. The van der Waals surface area contributed by atoms with E-state index in [2.05, 4.69) is 15.0 Å². The van der Waals surface area contributed by atoms with Crippen molar-refractivity contribution in [3.8, 4) is 17.6 Å². The van der Waals surface area contributed by atoms with Gasteiger partial charge >= 0.3 is 0 Å². The van der Waals surface area contributed by atoms with Gasteiger partial charge in [-0.05, 0) is 54.5 Å². The summed E-state index contributed by atoms with van der Waals surface area (Å²) in [5, 5.41) is 12.9. The first-order valence-electron chi connectivity index (χ1n) is 13.4. The highest BCUT2D eigenvalue weighted by molar-refractivity contribution is 7.89. The number of aliphatic imine (C=N–C) groups is 1. The lowest BCUT2D eigenvalue weighted by atomic mass is 9.87. The molecule has 4 rings (SSSR count). The molecule has 41 heavy (non-hydrogen) atoms. The predicted molar refractivity (Wildman–Crippen MR) is 152 cm³/mol. The fourth-order valence-corrected chi connectivity index (χ4v) is 5.31. The molecule has 2 aromatic carbocycles. The number of hydrogen-bond donors (Lipinski definition) is 2. The molecule has 0 amide bonds. The lowest BCUT2D eigenvalue weighted by molar-refractivity contribution is -0.167. The summed E-state index contributed by atoms with van der Waals surface area (Å²) in [5.74, 6) is -1.16. The molecule has 2 heterocycles. The van der Waals surface area contributed by atoms with Crippen LogP contribution < -0.4 is 19.5 Å². The van der Waals surface area contributed by atoms with Crippen molar-refractivity contribution in [1.29, 1.82) is 5.26 Å². The molecule has 0 aliphatic carbocycles. The molecule has 2 aliphatic rings. The van der Waals surface area contributed by atoms with E-state index >= 15 is 0 Å². The van der Waals surface area contributed by atoms with Crippen LogP contribution in [-0.4, -0.2) is 53.6 Å². The minimum Gasteiger partial charge on any atom is -0.493 e. The van der Waals surface area contributed by atoms with Gasteiger partial charge in [-0.3, -0.25) is 0 Å². The smallest absolute Gasteiger partial charge is 0.291 e. The minimum atomic E-state index is -4.17. The van der Waals surface area contributed by atoms with E-state index in [1.54, 1.807) is 36.4 Å². The molecule has 0 radical (unpaired) electrons. The Bertz CT molecular complexity index is 1410. The van der Waals surface area contributed by atoms with E-state index in [0.29, 0.717) is 18.1 Å². The zero-order chi connectivity index (χ0) is 29.5. The maximum atomic E-state index is 13.3. The quantitative estimate of drug-likeness (QED) is 0.376. The van der Waals surface area contributed by atoms with Crippen LogP contribution in [0.25, 0.3) is 0 Å². The fourth-order valence-electron chi connectivity index (χ4n) is 4.16. The first-order chi connectivity index (χ1) is 19.5. The summed E-state index contributed by atoms with van der Waals surface area (Å²) in [4.78, 5) is 4.18. The van der Waals surface area contributed by atoms with E-state index in [-0.39, 0.29) is 41.5 Å². The van der Waals surface area contributed by atoms with Crippen LogP contribution in [0.1, 0.15) is 45.6 Å². The maximum Gasteiger partial charge on any atom is 0.291 e. The van der Waals surface area contributed by atoms with E-state index in [1.807, 2.05) is 26.8 Å². The van der Waals surface area contributed by atoms with Crippen LogP contribution >= 0.6 is 0 Å². The number of ether oxygens (including phenoxy) is 5. The van der Waals surface area contributed by atoms with Crippen molar-refractivity contribution >= 4 is 16.2 Å². The molecule has 2 aromatic rings. The summed E-state index contributed by atoms with van der Waals surface area (Å²) in [6, 6.07) is 15.4. The Balaban J connectivity index is 1.55. The second-order valence-electron chi connectivity index (χ2n) is 10.5. The van der Waals surface area contributed by atoms with Crippen LogP contribution in [0, 0.1) is 11.3 Å². The minimum absolute atomic E-state index is 0.00796. The molecule has 2 unspecified atom stereocenters. The molecule has 0 saturated carbocycles. The Hall–Kier alpha value is -3.63. The first kappa shape index (κ1) is 30.3. The third-order valence-electron chi connectivity index (χ3n) is 6.43. The van der Waals surface area contributed by atoms with Gasteiger partial charge in [0.05, 0.1) is 24.8 Å². The van der Waals surface area contributed by atoms with Gasteiger partial charge in [0.25, 0.3) is 5.79 Å². The van der Waals surface area contributed by atoms with Crippen molar-refractivity contribution < 1.29 is 32.1 Å². The van der Waals surface area contributed by atoms with Gasteiger partial charge in [-0.2, -0.15) is 9.98 Å². The molecule has 0 aromatic heterocycles. The van der Waals surface area contributed by atoms with Gasteiger partial charge in [0.2, 0.25) is 21.7 Å². The fraction of sp³-hybridized carbons (Fsp3) is 0.448. The number of methoxy groups -OCH3 is 1. The maximum absolute atomic E-state index is 13.3. The number of hydrogen-bond acceptors (Lipinski definition) is 10. The Morgan fingerprint density at radius 2 is 1.85 bits per heavy atom. The standard InChI is InChI=1S/C29H36N4O7S/c1-28(2,3)21-12-14-22(15-13-21)41(34,35)33-29(20-30)31-19-25(40-24-10-6-5-9-23(24)36-4)27(32-29)39-18-17-38-26-11-7-8-16-37-26/h5-6,9-10,12-15,19,26,32-33H,7-8,11,16-18H2,1-4H3. The molecular formula is C29H36N4O7S. The van der Waals surface area contributed by atoms with Crippen molar-refractivity contribution in [2.45, 2.75) is 62.4 Å². The number of benzene rings is 2. The van der Waals surface area contributed by atoms with Crippen molar-refractivity contribution in [1.82, 2.24) is 10.0 Å². The van der Waals surface area contributed by atoms with E-state index in [0.717, 1.165) is 24.8 Å². The van der Waals surface area contributed by atoms with E-state index in [4.69, 9.17) is 23.7 Å². The zero-order valence-corrected chi connectivity index (χ0v) is 24.5. The van der Waals surface area contributed by atoms with Crippen molar-refractivity contribution in [2.24, 2.45) is 4.99 Å². The van der Waals surface area contributed by atoms with Gasteiger partial charge < -0.3 is 29.0 Å². The Morgan fingerprint density at radius 1 is 1.12 bits per heavy atom. The lowest BCUT2D eigenvalue weighted by Gasteiger charge is -2.30. The average molecular weight is 585 g/mol. The monoisotopic (exact) mass is 584 g/mol. The van der Waals surface area contributed by atoms with Crippen LogP contribution in [0.3, 0.4) is 0 Å². The van der Waals surface area contributed by atoms with E-state index in [1.165, 1.54) is 25.5 Å². The third kappa shape index (κ3) is 7.77. The second-order valence-corrected chi connectivity index (χ2v) is 12.2. The summed E-state index contributed by atoms with van der Waals surface area (Å²) in [6.45, 7) is 7.01. The number of nitrogens with zero attached hydrogens (tertiary/aromatic N) is 2. The van der Waals surface area contributed by atoms with Crippen LogP contribution in [0.5, 0.6) is 11.5 Å². The van der Waals surface area contributed by atoms with Gasteiger partial charge in [0.1, 0.15) is 12.7 Å². The molecule has 2 N–H and O–H groups in total. The normalized spacial score (nSPS) is 21.1. The molecule has 2 aliphatic heterocycles. The molecular weight excluding hydrogens is 548 g/mol. The molecule has 0 spiro atoms. The first-order valence-corrected chi connectivity index (χ1v) is 14.8. The van der Waals surface area contributed by atoms with Gasteiger partial charge in [-0.1, -0.05) is 45.0 Å². The van der Waals surface area contributed by atoms with Gasteiger partial charge in [0.15, 0.2) is 17.8 Å². The summed E-state index contributed by atoms with van der Waals surface area (Å²) in [6.07, 6.45) is 3.75. The van der Waals surface area contributed by atoms with E-state index in [9.17, 15) is 13.7 Å². The van der Waals surface area contributed by atoms with Crippen LogP contribution in [-0.2, 0) is 29.6 Å². The Kier molecular flexibility index (Phi) is 9.55.